The van der Waals surface area contributed by atoms with Crippen LogP contribution in [0.1, 0.15) is 24.3 Å². The molecule has 92 valence electrons. The number of nitrogens with one attached hydrogen (secondary N) is 1. The summed E-state index contributed by atoms with van der Waals surface area (Å²) in [7, 11) is 0. The van der Waals surface area contributed by atoms with Crippen molar-refractivity contribution < 1.29 is 8.81 Å². The van der Waals surface area contributed by atoms with E-state index in [1.807, 2.05) is 6.07 Å². The Balaban J connectivity index is 0.00000108. The highest BCUT2D eigenvalue weighted by Gasteiger charge is 2.19. The third-order valence-electron chi connectivity index (χ3n) is 3.35. The smallest absolute Gasteiger partial charge is 0.137 e. The zero-order valence-corrected chi connectivity index (χ0v) is 10.2. The zero-order valence-electron chi connectivity index (χ0n) is 9.41. The zero-order chi connectivity index (χ0) is 11.0. The molecule has 0 radical (unpaired) electrons. The third kappa shape index (κ3) is 2.31. The average Bonchev–Trinajstić information content (AvgIpc) is 2.73. The quantitative estimate of drug-likeness (QED) is 0.844. The molecule has 17 heavy (non-hydrogen) atoms. The molecule has 1 N–H and O–H groups in total. The lowest BCUT2D eigenvalue weighted by molar-refractivity contribution is 0.457. The molecule has 0 aliphatic carbocycles. The first-order valence-corrected chi connectivity index (χ1v) is 5.72. The van der Waals surface area contributed by atoms with Crippen LogP contribution in [0, 0.1) is 5.82 Å². The molecular formula is C13H15ClFNO. The average molecular weight is 256 g/mol. The van der Waals surface area contributed by atoms with Gasteiger partial charge in [-0.15, -0.1) is 12.4 Å². The van der Waals surface area contributed by atoms with E-state index in [0.29, 0.717) is 11.5 Å². The number of benzene rings is 1. The summed E-state index contributed by atoms with van der Waals surface area (Å²) in [5.41, 5.74) is 1.89. The molecule has 1 aromatic heterocycles. The highest BCUT2D eigenvalue weighted by Crippen LogP contribution is 2.32. The van der Waals surface area contributed by atoms with E-state index in [2.05, 4.69) is 5.32 Å². The molecule has 1 aliphatic heterocycles. The first-order chi connectivity index (χ1) is 7.84. The molecule has 2 heterocycles. The summed E-state index contributed by atoms with van der Waals surface area (Å²) >= 11 is 0. The van der Waals surface area contributed by atoms with Crippen molar-refractivity contribution in [1.82, 2.24) is 5.32 Å². The maximum Gasteiger partial charge on any atom is 0.137 e. The van der Waals surface area contributed by atoms with Crippen LogP contribution in [0.25, 0.3) is 11.0 Å². The molecule has 4 heteroatoms. The Kier molecular flexibility index (Phi) is 3.69. The number of fused-ring (bicyclic) bond motifs is 1. The molecule has 1 fully saturated rings. The number of halogens is 2. The molecular weight excluding hydrogens is 241 g/mol. The van der Waals surface area contributed by atoms with Crippen LogP contribution in [0.5, 0.6) is 0 Å². The Labute approximate surface area is 106 Å². The summed E-state index contributed by atoms with van der Waals surface area (Å²) in [6.45, 7) is 2.11. The van der Waals surface area contributed by atoms with Gasteiger partial charge in [-0.05, 0) is 44.0 Å². The Morgan fingerprint density at radius 3 is 2.76 bits per heavy atom. The van der Waals surface area contributed by atoms with Gasteiger partial charge in [0.2, 0.25) is 0 Å². The van der Waals surface area contributed by atoms with Crippen molar-refractivity contribution in [2.45, 2.75) is 18.8 Å². The second-order valence-electron chi connectivity index (χ2n) is 4.36. The molecule has 0 saturated carbocycles. The molecule has 0 unspecified atom stereocenters. The normalized spacial score (nSPS) is 17.0. The monoisotopic (exact) mass is 255 g/mol. The first-order valence-electron chi connectivity index (χ1n) is 5.72. The van der Waals surface area contributed by atoms with Gasteiger partial charge < -0.3 is 9.73 Å². The van der Waals surface area contributed by atoms with Crippen LogP contribution in [-0.2, 0) is 0 Å². The summed E-state index contributed by atoms with van der Waals surface area (Å²) in [6.07, 6.45) is 4.05. The van der Waals surface area contributed by atoms with Crippen LogP contribution in [0.15, 0.2) is 28.9 Å². The number of rotatable bonds is 1. The lowest BCUT2D eigenvalue weighted by Gasteiger charge is -2.21. The highest BCUT2D eigenvalue weighted by molar-refractivity contribution is 5.85. The minimum absolute atomic E-state index is 0. The molecule has 2 nitrogen and oxygen atoms in total. The van der Waals surface area contributed by atoms with Crippen molar-refractivity contribution in [3.05, 3.63) is 35.8 Å². The van der Waals surface area contributed by atoms with Crippen molar-refractivity contribution in [3.63, 3.8) is 0 Å². The molecule has 2 aromatic rings. The fourth-order valence-electron chi connectivity index (χ4n) is 2.47. The van der Waals surface area contributed by atoms with Gasteiger partial charge in [-0.3, -0.25) is 0 Å². The van der Waals surface area contributed by atoms with Crippen LogP contribution in [0.3, 0.4) is 0 Å². The van der Waals surface area contributed by atoms with E-state index < -0.39 is 0 Å². The van der Waals surface area contributed by atoms with Gasteiger partial charge in [0.05, 0.1) is 6.26 Å². The van der Waals surface area contributed by atoms with Crippen LogP contribution in [-0.4, -0.2) is 13.1 Å². The van der Waals surface area contributed by atoms with Crippen LogP contribution < -0.4 is 5.32 Å². The standard InChI is InChI=1S/C13H14FNO.ClH/c14-10-1-2-11-12(8-16-13(11)7-10)9-3-5-15-6-4-9;/h1-2,7-9,15H,3-6H2;1H. The molecule has 0 amide bonds. The van der Waals surface area contributed by atoms with Gasteiger partial charge >= 0.3 is 0 Å². The van der Waals surface area contributed by atoms with E-state index in [4.69, 9.17) is 4.42 Å². The SMILES string of the molecule is Cl.Fc1ccc2c(C3CCNCC3)coc2c1. The summed E-state index contributed by atoms with van der Waals surface area (Å²) in [5.74, 6) is 0.312. The van der Waals surface area contributed by atoms with Crippen LogP contribution in [0.4, 0.5) is 4.39 Å². The first kappa shape index (κ1) is 12.4. The van der Waals surface area contributed by atoms with E-state index in [1.54, 1.807) is 6.26 Å². The lowest BCUT2D eigenvalue weighted by Crippen LogP contribution is -2.26. The molecule has 1 aliphatic rings. The fourth-order valence-corrected chi connectivity index (χ4v) is 2.47. The molecule has 0 atom stereocenters. The molecule has 0 bridgehead atoms. The number of hydrogen-bond acceptors (Lipinski definition) is 2. The summed E-state index contributed by atoms with van der Waals surface area (Å²) < 4.78 is 18.4. The Morgan fingerprint density at radius 1 is 1.24 bits per heavy atom. The predicted octanol–water partition coefficient (Wildman–Crippen LogP) is 3.46. The number of furan rings is 1. The summed E-state index contributed by atoms with van der Waals surface area (Å²) in [5, 5.41) is 4.41. The molecule has 1 aromatic carbocycles. The summed E-state index contributed by atoms with van der Waals surface area (Å²) in [6, 6.07) is 4.79. The highest BCUT2D eigenvalue weighted by atomic mass is 35.5. The Hall–Kier alpha value is -1.06. The molecule has 0 spiro atoms. The van der Waals surface area contributed by atoms with E-state index in [9.17, 15) is 4.39 Å². The van der Waals surface area contributed by atoms with E-state index in [1.165, 1.54) is 17.7 Å². The number of piperidine rings is 1. The largest absolute Gasteiger partial charge is 0.464 e. The maximum absolute atomic E-state index is 13.0. The fraction of sp³-hybridized carbons (Fsp3) is 0.385. The van der Waals surface area contributed by atoms with E-state index >= 15 is 0 Å². The van der Waals surface area contributed by atoms with E-state index in [0.717, 1.165) is 31.3 Å². The minimum Gasteiger partial charge on any atom is -0.464 e. The van der Waals surface area contributed by atoms with Crippen LogP contribution >= 0.6 is 12.4 Å². The Morgan fingerprint density at radius 2 is 2.00 bits per heavy atom. The van der Waals surface area contributed by atoms with Crippen molar-refractivity contribution in [2.24, 2.45) is 0 Å². The predicted molar refractivity (Wildman–Crippen MR) is 68.3 cm³/mol. The van der Waals surface area contributed by atoms with Gasteiger partial charge in [-0.1, -0.05) is 0 Å². The van der Waals surface area contributed by atoms with Gasteiger partial charge in [-0.2, -0.15) is 0 Å². The second kappa shape index (κ2) is 5.07. The van der Waals surface area contributed by atoms with Crippen molar-refractivity contribution in [1.29, 1.82) is 0 Å². The third-order valence-corrected chi connectivity index (χ3v) is 3.35. The second-order valence-corrected chi connectivity index (χ2v) is 4.36. The number of hydrogen-bond donors (Lipinski definition) is 1. The van der Waals surface area contributed by atoms with Crippen LogP contribution in [0.2, 0.25) is 0 Å². The lowest BCUT2D eigenvalue weighted by atomic mass is 9.90. The van der Waals surface area contributed by atoms with Gasteiger partial charge in [0.1, 0.15) is 11.4 Å². The van der Waals surface area contributed by atoms with Gasteiger partial charge in [0.25, 0.3) is 0 Å². The van der Waals surface area contributed by atoms with Gasteiger partial charge in [-0.25, -0.2) is 4.39 Å². The maximum atomic E-state index is 13.0. The summed E-state index contributed by atoms with van der Waals surface area (Å²) in [4.78, 5) is 0. The van der Waals surface area contributed by atoms with E-state index in [-0.39, 0.29) is 18.2 Å². The Bertz CT molecular complexity index is 505. The molecule has 1 saturated heterocycles. The minimum atomic E-state index is -0.237. The van der Waals surface area contributed by atoms with Gasteiger partial charge in [0, 0.05) is 17.0 Å². The molecule has 3 rings (SSSR count). The van der Waals surface area contributed by atoms with Gasteiger partial charge in [0.15, 0.2) is 0 Å². The topological polar surface area (TPSA) is 25.2 Å². The van der Waals surface area contributed by atoms with Crippen molar-refractivity contribution in [3.8, 4) is 0 Å². The van der Waals surface area contributed by atoms with Crippen molar-refractivity contribution >= 4 is 23.4 Å². The van der Waals surface area contributed by atoms with Crippen molar-refractivity contribution in [2.75, 3.05) is 13.1 Å².